The standard InChI is InChI=1S/C36H30O7.C19H24N2O2.C12H10O2.C6H10O4.CH4I/c1-22-7-8-25-16-28(11-9-24(25)15-22)35(37)42-31-20-40-34-32(21-41-33(31)34)43-36(38)29-12-10-27-18-30(14-13-26(27)17-29)39-19-23-5-3-2-4-6-23;1-12(2)20-19(23)21(13(3)4)18(22)17-9-8-15-10-14(5)6-7-16(15)11-17;1-8-2-3-10-7-11(12(13)14)5-4-9(10)6-8;7-3-1-9-6-4(8)2-10-5(3)6;1-2/h2-18,31-34H,19-21H2,1H3;6-13H,1-5H3,(H,20,23);2-7H,1H3,(H,13,14);3-8H,1-2H2;2H,1H3/q;;;;-1/t31-,32+,33+,34+;;;3-,4+,5-,6-;/m0..1./s1/i;;;;2D. The van der Waals surface area contributed by atoms with Crippen molar-refractivity contribution >= 4 is 72.9 Å². The first-order valence-corrected chi connectivity index (χ1v) is 32.6. The Morgan fingerprint density at radius 3 is 1.35 bits per heavy atom. The summed E-state index contributed by atoms with van der Waals surface area (Å²) < 4.78 is 45.8. The van der Waals surface area contributed by atoms with Crippen LogP contribution in [0.1, 0.15) is 91.4 Å². The Labute approximate surface area is 549 Å². The number of aliphatic hydroxyl groups excluding tert-OH is 2. The molecule has 18 heteroatoms. The van der Waals surface area contributed by atoms with Crippen LogP contribution in [0.2, 0.25) is 0 Å². The van der Waals surface area contributed by atoms with Crippen LogP contribution in [0.4, 0.5) is 4.79 Å². The van der Waals surface area contributed by atoms with Crippen molar-refractivity contribution in [2.24, 2.45) is 0 Å². The molecule has 9 aromatic rings. The minimum atomic E-state index is -0.882. The maximum atomic E-state index is 13.1. The minimum absolute atomic E-state index is 0.0175. The van der Waals surface area contributed by atoms with Gasteiger partial charge >= 0.3 is 51.9 Å². The number of amides is 3. The van der Waals surface area contributed by atoms with E-state index >= 15 is 0 Å². The number of carboxylic acid groups (broad SMARTS) is 1. The number of urea groups is 1. The topological polar surface area (TPSA) is 226 Å². The Morgan fingerprint density at radius 1 is 0.522 bits per heavy atom. The number of benzene rings is 9. The molecule has 4 N–H and O–H groups in total. The normalized spacial score (nSPS) is 20.2. The number of imide groups is 1. The van der Waals surface area contributed by atoms with Gasteiger partial charge in [-0.25, -0.2) is 19.2 Å². The maximum absolute atomic E-state index is 13.1. The van der Waals surface area contributed by atoms with Gasteiger partial charge in [-0.1, -0.05) is 132 Å². The van der Waals surface area contributed by atoms with E-state index in [9.17, 15) is 24.0 Å². The number of carbonyl (C=O) groups is 5. The van der Waals surface area contributed by atoms with E-state index in [4.69, 9.17) is 49.1 Å². The third kappa shape index (κ3) is 17.0. The number of carboxylic acids is 1. The molecule has 0 spiro atoms. The van der Waals surface area contributed by atoms with Gasteiger partial charge in [0.25, 0.3) is 5.91 Å². The molecule has 4 fully saturated rings. The van der Waals surface area contributed by atoms with Crippen molar-refractivity contribution < 1.29 is 94.8 Å². The second-order valence-electron chi connectivity index (χ2n) is 23.6. The van der Waals surface area contributed by atoms with Crippen LogP contribution in [0.5, 0.6) is 5.75 Å². The third-order valence-electron chi connectivity index (χ3n) is 15.9. The van der Waals surface area contributed by atoms with Gasteiger partial charge in [0.1, 0.15) is 49.0 Å². The molecular weight excluding hydrogens is 1280 g/mol. The molecular formula is C74H78IN2O15-. The summed E-state index contributed by atoms with van der Waals surface area (Å²) in [5, 5.41) is 37.9. The van der Waals surface area contributed by atoms with Gasteiger partial charge in [-0.15, -0.1) is 0 Å². The number of hydrogen-bond acceptors (Lipinski definition) is 14. The number of nitrogens with zero attached hydrogens (tertiary/aromatic N) is 1. The Bertz CT molecular complexity index is 4100. The number of esters is 2. The van der Waals surface area contributed by atoms with Gasteiger partial charge in [-0.05, 0) is 158 Å². The molecule has 0 aliphatic carbocycles. The molecule has 482 valence electrons. The van der Waals surface area contributed by atoms with Gasteiger partial charge in [0.15, 0.2) is 12.2 Å². The number of ether oxygens (including phenoxy) is 7. The van der Waals surface area contributed by atoms with Gasteiger partial charge in [-0.3, -0.25) is 9.69 Å². The first kappa shape index (κ1) is 66.6. The van der Waals surface area contributed by atoms with Gasteiger partial charge in [0, 0.05) is 17.6 Å². The molecule has 4 saturated heterocycles. The molecule has 4 aliphatic rings. The van der Waals surface area contributed by atoms with Crippen LogP contribution < -0.4 is 32.4 Å². The number of halogens is 1. The molecule has 0 aromatic heterocycles. The fourth-order valence-electron chi connectivity index (χ4n) is 11.2. The predicted molar refractivity (Wildman–Crippen MR) is 349 cm³/mol. The van der Waals surface area contributed by atoms with Crippen LogP contribution in [-0.4, -0.2) is 143 Å². The number of nitrogens with one attached hydrogen (secondary N) is 1. The SMILES string of the molecule is Cc1ccc2cc(C(=O)N(C(=O)NC(C)C)C(C)C)ccc2c1.Cc1ccc2cc(C(=O)O)ccc2c1.Cc1ccc2cc(C(=O)O[C@H]3CO[C@H]4[C@@H]3OC[C@H]4OC(=O)c3ccc4cc(OCc5ccccc5)ccc4c3)ccc2c1.O[C@@H]1CO[C@H]2[C@@H]1OC[C@@H]2O.[2H][I-]C. The zero-order valence-electron chi connectivity index (χ0n) is 53.6. The second-order valence-corrected chi connectivity index (χ2v) is 23.6. The molecule has 13 rings (SSSR count). The molecule has 4 heterocycles. The van der Waals surface area contributed by atoms with Crippen LogP contribution in [0, 0.1) is 20.8 Å². The Kier molecular flexibility index (Phi) is 22.7. The van der Waals surface area contributed by atoms with Crippen molar-refractivity contribution in [1.82, 2.24) is 10.2 Å². The van der Waals surface area contributed by atoms with E-state index in [1.807, 2.05) is 181 Å². The molecule has 0 bridgehead atoms. The monoisotopic (exact) mass is 1360 g/mol. The summed E-state index contributed by atoms with van der Waals surface area (Å²) in [6.45, 7) is 14.9. The van der Waals surface area contributed by atoms with E-state index < -0.39 is 54.5 Å². The van der Waals surface area contributed by atoms with Crippen molar-refractivity contribution in [2.45, 2.75) is 116 Å². The van der Waals surface area contributed by atoms with Crippen molar-refractivity contribution in [2.75, 3.05) is 31.4 Å². The van der Waals surface area contributed by atoms with E-state index in [1.165, 1.54) is 16.0 Å². The van der Waals surface area contributed by atoms with Crippen molar-refractivity contribution in [3.63, 3.8) is 0 Å². The first-order valence-electron chi connectivity index (χ1n) is 30.8. The third-order valence-corrected chi connectivity index (χ3v) is 15.9. The number of aryl methyl sites for hydroxylation is 3. The van der Waals surface area contributed by atoms with Crippen LogP contribution in [-0.2, 0) is 35.0 Å². The number of fused-ring (bicyclic) bond motifs is 6. The predicted octanol–water partition coefficient (Wildman–Crippen LogP) is 8.80. The molecule has 92 heavy (non-hydrogen) atoms. The summed E-state index contributed by atoms with van der Waals surface area (Å²) in [7, 11) is 0. The summed E-state index contributed by atoms with van der Waals surface area (Å²) in [5.74, 6) is -1.31. The first-order chi connectivity index (χ1) is 44.7. The van der Waals surface area contributed by atoms with E-state index in [0.29, 0.717) is 28.9 Å². The number of carbonyl (C=O) groups excluding carboxylic acids is 4. The number of alkyl halides is 1. The number of aromatic carboxylic acids is 1. The summed E-state index contributed by atoms with van der Waals surface area (Å²) in [6.07, 6.45) is -3.90. The van der Waals surface area contributed by atoms with Crippen molar-refractivity contribution in [1.29, 1.82) is 0.594 Å². The van der Waals surface area contributed by atoms with Gasteiger partial charge < -0.3 is 53.8 Å². The molecule has 3 amide bonds. The Hall–Kier alpha value is -8.34. The molecule has 0 radical (unpaired) electrons. The van der Waals surface area contributed by atoms with Crippen molar-refractivity contribution in [3.8, 4) is 5.75 Å². The molecule has 0 unspecified atom stereocenters. The van der Waals surface area contributed by atoms with E-state index in [-0.39, 0.29) is 85.1 Å². The number of aliphatic hydroxyl groups is 2. The summed E-state index contributed by atoms with van der Waals surface area (Å²) in [6, 6.07) is 54.9. The molecule has 9 aromatic carbocycles. The van der Waals surface area contributed by atoms with Crippen LogP contribution in [0.15, 0.2) is 176 Å². The fourth-order valence-corrected chi connectivity index (χ4v) is 11.2. The van der Waals surface area contributed by atoms with E-state index in [2.05, 4.69) is 17.4 Å². The van der Waals surface area contributed by atoms with E-state index in [0.717, 1.165) is 60.0 Å². The van der Waals surface area contributed by atoms with Gasteiger partial charge in [0.05, 0.1) is 43.1 Å². The van der Waals surface area contributed by atoms with E-state index in [1.54, 1.807) is 36.4 Å². The summed E-state index contributed by atoms with van der Waals surface area (Å²) in [4.78, 5) is 65.0. The number of rotatable bonds is 11. The summed E-state index contributed by atoms with van der Waals surface area (Å²) >= 11 is -0.160. The number of hydrogen-bond donors (Lipinski definition) is 4. The average molecular weight is 1360 g/mol. The van der Waals surface area contributed by atoms with Gasteiger partial charge in [-0.2, -0.15) is 0 Å². The fraction of sp³-hybridized carbons (Fsp3) is 0.311. The molecule has 17 nitrogen and oxygen atoms in total. The van der Waals surface area contributed by atoms with Crippen LogP contribution >= 0.6 is 0 Å². The Morgan fingerprint density at radius 2 is 0.902 bits per heavy atom. The Balaban J connectivity index is 0.000000168. The zero-order chi connectivity index (χ0) is 66.5. The molecule has 4 aliphatic heterocycles. The van der Waals surface area contributed by atoms with Crippen LogP contribution in [0.25, 0.3) is 43.1 Å². The molecule has 0 saturated carbocycles. The summed E-state index contributed by atoms with van der Waals surface area (Å²) in [5.41, 5.74) is 6.36. The zero-order valence-corrected chi connectivity index (χ0v) is 54.8. The molecule has 8 atom stereocenters. The quantitative estimate of drug-likeness (QED) is 0.0539. The van der Waals surface area contributed by atoms with Gasteiger partial charge in [0.2, 0.25) is 0 Å². The average Bonchev–Trinajstić information content (AvgIpc) is 1.75. The second kappa shape index (κ2) is 31.3. The van der Waals surface area contributed by atoms with Crippen LogP contribution in [0.3, 0.4) is 0 Å². The van der Waals surface area contributed by atoms with Crippen molar-refractivity contribution in [3.05, 3.63) is 220 Å².